The maximum Gasteiger partial charge on any atom is 0.230 e. The Morgan fingerprint density at radius 2 is 1.60 bits per heavy atom. The predicted octanol–water partition coefficient (Wildman–Crippen LogP) is 3.10. The van der Waals surface area contributed by atoms with E-state index in [1.165, 1.54) is 19.3 Å². The monoisotopic (exact) mass is 342 g/mol. The van der Waals surface area contributed by atoms with Crippen molar-refractivity contribution in [2.45, 2.75) is 44.9 Å². The van der Waals surface area contributed by atoms with Gasteiger partial charge in [-0.25, -0.2) is 0 Å². The maximum absolute atomic E-state index is 13.0. The van der Waals surface area contributed by atoms with Gasteiger partial charge in [-0.1, -0.05) is 0 Å². The lowest BCUT2D eigenvalue weighted by Crippen LogP contribution is -2.51. The van der Waals surface area contributed by atoms with Crippen molar-refractivity contribution in [2.24, 2.45) is 28.9 Å². The molecule has 3 N–H and O–H groups in total. The number of carbonyl (C=O) groups is 2. The molecule has 0 saturated heterocycles. The van der Waals surface area contributed by atoms with Crippen LogP contribution in [0.15, 0.2) is 24.3 Å². The van der Waals surface area contributed by atoms with Crippen LogP contribution in [0.2, 0.25) is 0 Å². The highest BCUT2D eigenvalue weighted by Gasteiger charge is 2.54. The highest BCUT2D eigenvalue weighted by molar-refractivity contribution is 5.95. The molecule has 134 valence electrons. The van der Waals surface area contributed by atoms with E-state index in [9.17, 15) is 9.59 Å². The Bertz CT molecular complexity index is 633. The third-order valence-electron chi connectivity index (χ3n) is 6.25. The number of hydrogen-bond donors (Lipinski definition) is 2. The zero-order valence-electron chi connectivity index (χ0n) is 14.5. The third kappa shape index (κ3) is 3.37. The predicted molar refractivity (Wildman–Crippen MR) is 95.0 cm³/mol. The van der Waals surface area contributed by atoms with Gasteiger partial charge in [-0.05, 0) is 80.5 Å². The summed E-state index contributed by atoms with van der Waals surface area (Å²) in [6, 6.07) is 7.35. The van der Waals surface area contributed by atoms with Crippen LogP contribution in [0, 0.1) is 23.2 Å². The number of rotatable bonds is 6. The van der Waals surface area contributed by atoms with Gasteiger partial charge in [0.1, 0.15) is 5.75 Å². The van der Waals surface area contributed by atoms with Crippen LogP contribution in [0.4, 0.5) is 5.69 Å². The average molecular weight is 342 g/mol. The van der Waals surface area contributed by atoms with Gasteiger partial charge in [-0.3, -0.25) is 9.59 Å². The lowest BCUT2D eigenvalue weighted by molar-refractivity contribution is -0.140. The van der Waals surface area contributed by atoms with Crippen LogP contribution in [0.5, 0.6) is 5.75 Å². The first-order valence-electron chi connectivity index (χ1n) is 9.35. The van der Waals surface area contributed by atoms with E-state index in [1.807, 2.05) is 24.3 Å². The second-order valence-electron chi connectivity index (χ2n) is 8.24. The first-order chi connectivity index (χ1) is 12.0. The zero-order chi connectivity index (χ0) is 17.4. The van der Waals surface area contributed by atoms with Crippen LogP contribution in [0.1, 0.15) is 44.9 Å². The molecule has 0 atom stereocenters. The Morgan fingerprint density at radius 1 is 1.04 bits per heavy atom. The van der Waals surface area contributed by atoms with Crippen LogP contribution in [0.3, 0.4) is 0 Å². The number of carbonyl (C=O) groups excluding carboxylic acids is 2. The number of benzene rings is 1. The molecule has 4 fully saturated rings. The summed E-state index contributed by atoms with van der Waals surface area (Å²) in [5.74, 6) is 2.79. The minimum atomic E-state index is -0.376. The summed E-state index contributed by atoms with van der Waals surface area (Å²) >= 11 is 0. The molecular weight excluding hydrogens is 316 g/mol. The second-order valence-corrected chi connectivity index (χ2v) is 8.24. The number of nitrogens with two attached hydrogens (primary N) is 1. The van der Waals surface area contributed by atoms with Crippen molar-refractivity contribution in [1.82, 2.24) is 0 Å². The first-order valence-corrected chi connectivity index (χ1v) is 9.35. The Balaban J connectivity index is 1.37. The number of hydrogen-bond acceptors (Lipinski definition) is 3. The van der Waals surface area contributed by atoms with E-state index in [0.717, 1.165) is 42.7 Å². The Kier molecular flexibility index (Phi) is 4.18. The summed E-state index contributed by atoms with van der Waals surface area (Å²) < 4.78 is 5.46. The van der Waals surface area contributed by atoms with Crippen molar-refractivity contribution in [3.63, 3.8) is 0 Å². The highest BCUT2D eigenvalue weighted by Crippen LogP contribution is 2.60. The van der Waals surface area contributed by atoms with E-state index < -0.39 is 0 Å². The molecule has 25 heavy (non-hydrogen) atoms. The van der Waals surface area contributed by atoms with Crippen molar-refractivity contribution < 1.29 is 14.3 Å². The van der Waals surface area contributed by atoms with E-state index in [2.05, 4.69) is 5.32 Å². The van der Waals surface area contributed by atoms with E-state index in [1.54, 1.807) is 0 Å². The van der Waals surface area contributed by atoms with E-state index in [0.29, 0.717) is 5.75 Å². The molecule has 5 heteroatoms. The van der Waals surface area contributed by atoms with Crippen LogP contribution in [-0.2, 0) is 9.59 Å². The van der Waals surface area contributed by atoms with Crippen LogP contribution >= 0.6 is 0 Å². The van der Waals surface area contributed by atoms with Crippen LogP contribution in [-0.4, -0.2) is 18.4 Å². The Labute approximate surface area is 148 Å². The largest absolute Gasteiger partial charge is 0.493 e. The van der Waals surface area contributed by atoms with Gasteiger partial charge in [0.05, 0.1) is 18.4 Å². The molecule has 0 aromatic heterocycles. The zero-order valence-corrected chi connectivity index (χ0v) is 14.5. The molecule has 4 bridgehead atoms. The Hall–Kier alpha value is -2.04. The molecule has 2 amide bonds. The summed E-state index contributed by atoms with van der Waals surface area (Å²) in [6.07, 6.45) is 7.42. The standard InChI is InChI=1S/C20H26N2O3/c21-18(23)5-6-25-17-3-1-16(2-4-17)22-19(24)20-10-13-7-14(11-20)9-15(8-13)12-20/h1-4,13-15H,5-12H2,(H2,21,23)(H,22,24). The van der Waals surface area contributed by atoms with Gasteiger partial charge >= 0.3 is 0 Å². The van der Waals surface area contributed by atoms with Crippen molar-refractivity contribution in [2.75, 3.05) is 11.9 Å². The molecule has 1 aromatic carbocycles. The SMILES string of the molecule is NC(=O)CCOc1ccc(NC(=O)C23CC4CC(CC(C4)C2)C3)cc1. The summed E-state index contributed by atoms with van der Waals surface area (Å²) in [5.41, 5.74) is 5.77. The van der Waals surface area contributed by atoms with Crippen molar-refractivity contribution in [1.29, 1.82) is 0 Å². The fraction of sp³-hybridized carbons (Fsp3) is 0.600. The summed E-state index contributed by atoms with van der Waals surface area (Å²) in [4.78, 5) is 23.7. The molecular formula is C20H26N2O3. The molecule has 5 nitrogen and oxygen atoms in total. The smallest absolute Gasteiger partial charge is 0.230 e. The molecule has 1 aromatic rings. The summed E-state index contributed by atoms with van der Waals surface area (Å²) in [5, 5.41) is 3.13. The quantitative estimate of drug-likeness (QED) is 0.833. The fourth-order valence-corrected chi connectivity index (χ4v) is 5.56. The van der Waals surface area contributed by atoms with Crippen molar-refractivity contribution in [3.8, 4) is 5.75 Å². The molecule has 4 aliphatic carbocycles. The van der Waals surface area contributed by atoms with Gasteiger partial charge in [-0.2, -0.15) is 0 Å². The Morgan fingerprint density at radius 3 is 2.12 bits per heavy atom. The molecule has 0 unspecified atom stereocenters. The van der Waals surface area contributed by atoms with Gasteiger partial charge < -0.3 is 15.8 Å². The summed E-state index contributed by atoms with van der Waals surface area (Å²) in [7, 11) is 0. The van der Waals surface area contributed by atoms with Gasteiger partial charge in [0.15, 0.2) is 0 Å². The molecule has 0 aliphatic heterocycles. The highest BCUT2D eigenvalue weighted by atomic mass is 16.5. The lowest BCUT2D eigenvalue weighted by atomic mass is 9.49. The molecule has 4 saturated carbocycles. The number of anilines is 1. The molecule has 0 spiro atoms. The molecule has 5 rings (SSSR count). The number of amides is 2. The van der Waals surface area contributed by atoms with Crippen LogP contribution in [0.25, 0.3) is 0 Å². The number of nitrogens with one attached hydrogen (secondary N) is 1. The topological polar surface area (TPSA) is 81.4 Å². The van der Waals surface area contributed by atoms with E-state index in [4.69, 9.17) is 10.5 Å². The fourth-order valence-electron chi connectivity index (χ4n) is 5.56. The van der Waals surface area contributed by atoms with Crippen LogP contribution < -0.4 is 15.8 Å². The van der Waals surface area contributed by atoms with Gasteiger partial charge in [-0.15, -0.1) is 0 Å². The molecule has 0 radical (unpaired) electrons. The number of ether oxygens (including phenoxy) is 1. The maximum atomic E-state index is 13.0. The van der Waals surface area contributed by atoms with Crippen molar-refractivity contribution >= 4 is 17.5 Å². The average Bonchev–Trinajstić information content (AvgIpc) is 2.55. The minimum Gasteiger partial charge on any atom is -0.493 e. The van der Waals surface area contributed by atoms with Gasteiger partial charge in [0, 0.05) is 5.69 Å². The van der Waals surface area contributed by atoms with Gasteiger partial charge in [0.2, 0.25) is 11.8 Å². The lowest BCUT2D eigenvalue weighted by Gasteiger charge is -2.55. The minimum absolute atomic E-state index is 0.134. The summed E-state index contributed by atoms with van der Waals surface area (Å²) in [6.45, 7) is 0.272. The normalized spacial score (nSPS) is 32.4. The second kappa shape index (κ2) is 6.36. The van der Waals surface area contributed by atoms with E-state index in [-0.39, 0.29) is 30.3 Å². The molecule has 0 heterocycles. The van der Waals surface area contributed by atoms with Gasteiger partial charge in [0.25, 0.3) is 0 Å². The van der Waals surface area contributed by atoms with E-state index >= 15 is 0 Å². The third-order valence-corrected chi connectivity index (χ3v) is 6.25. The van der Waals surface area contributed by atoms with Crippen molar-refractivity contribution in [3.05, 3.63) is 24.3 Å². The molecule has 4 aliphatic rings. The first kappa shape index (κ1) is 16.4. The number of primary amides is 1.